The van der Waals surface area contributed by atoms with Crippen LogP contribution in [0.5, 0.6) is 0 Å². The first-order valence-corrected chi connectivity index (χ1v) is 8.26. The van der Waals surface area contributed by atoms with Crippen molar-refractivity contribution < 1.29 is 9.18 Å². The Morgan fingerprint density at radius 3 is 2.92 bits per heavy atom. The summed E-state index contributed by atoms with van der Waals surface area (Å²) in [5.74, 6) is 0.213. The maximum Gasteiger partial charge on any atom is 0.253 e. The number of amides is 1. The van der Waals surface area contributed by atoms with Gasteiger partial charge in [0.25, 0.3) is 5.91 Å². The van der Waals surface area contributed by atoms with Crippen LogP contribution in [-0.2, 0) is 13.0 Å². The summed E-state index contributed by atoms with van der Waals surface area (Å²) >= 11 is 0. The Morgan fingerprint density at radius 1 is 1.28 bits per heavy atom. The van der Waals surface area contributed by atoms with E-state index in [1.54, 1.807) is 6.20 Å². The van der Waals surface area contributed by atoms with Crippen LogP contribution >= 0.6 is 0 Å². The zero-order valence-electron chi connectivity index (χ0n) is 14.1. The highest BCUT2D eigenvalue weighted by atomic mass is 19.1. The number of nitrogens with one attached hydrogen (secondary N) is 1. The van der Waals surface area contributed by atoms with Gasteiger partial charge in [-0.3, -0.25) is 4.79 Å². The summed E-state index contributed by atoms with van der Waals surface area (Å²) in [6.07, 6.45) is 5.28. The third-order valence-corrected chi connectivity index (χ3v) is 4.66. The molecule has 0 aliphatic carbocycles. The number of hydrogen-bond acceptors (Lipinski definition) is 4. The van der Waals surface area contributed by atoms with Gasteiger partial charge in [-0.2, -0.15) is 0 Å². The molecule has 3 heterocycles. The van der Waals surface area contributed by atoms with Gasteiger partial charge in [0, 0.05) is 37.5 Å². The maximum absolute atomic E-state index is 14.0. The van der Waals surface area contributed by atoms with Crippen molar-refractivity contribution in [3.05, 3.63) is 53.1 Å². The van der Waals surface area contributed by atoms with Gasteiger partial charge in [-0.15, -0.1) is 0 Å². The normalized spacial score (nSPS) is 16.7. The Balaban J connectivity index is 1.65. The van der Waals surface area contributed by atoms with Crippen molar-refractivity contribution in [1.29, 1.82) is 0 Å². The lowest BCUT2D eigenvalue weighted by molar-refractivity contribution is 0.0928. The van der Waals surface area contributed by atoms with Crippen LogP contribution in [0.3, 0.4) is 0 Å². The standard InChI is InChI=1S/C18H18FN5O/c1-10-11(2)22-17-14(7-12(19)8-15(17)21-10)18(25)23-13-3-4-16-20-5-6-24(16)9-13/h5-8,13H,3-4,9H2,1-2H3,(H,23,25)/t13-/m1/s1. The molecule has 0 saturated heterocycles. The van der Waals surface area contributed by atoms with E-state index in [4.69, 9.17) is 0 Å². The quantitative estimate of drug-likeness (QED) is 0.778. The number of fused-ring (bicyclic) bond motifs is 2. The molecular weight excluding hydrogens is 321 g/mol. The van der Waals surface area contributed by atoms with E-state index in [1.165, 1.54) is 12.1 Å². The molecule has 0 radical (unpaired) electrons. The highest BCUT2D eigenvalue weighted by molar-refractivity contribution is 6.04. The summed E-state index contributed by atoms with van der Waals surface area (Å²) in [7, 11) is 0. The zero-order valence-corrected chi connectivity index (χ0v) is 14.1. The largest absolute Gasteiger partial charge is 0.347 e. The first kappa shape index (κ1) is 15.7. The van der Waals surface area contributed by atoms with Gasteiger partial charge < -0.3 is 9.88 Å². The molecular formula is C18H18FN5O. The number of carbonyl (C=O) groups is 1. The molecule has 0 bridgehead atoms. The molecule has 1 aliphatic rings. The number of rotatable bonds is 2. The lowest BCUT2D eigenvalue weighted by Crippen LogP contribution is -2.41. The van der Waals surface area contributed by atoms with Crippen molar-refractivity contribution in [3.8, 4) is 0 Å². The highest BCUT2D eigenvalue weighted by Crippen LogP contribution is 2.20. The summed E-state index contributed by atoms with van der Waals surface area (Å²) in [5.41, 5.74) is 2.51. The molecule has 7 heteroatoms. The average molecular weight is 339 g/mol. The van der Waals surface area contributed by atoms with Crippen LogP contribution < -0.4 is 5.32 Å². The molecule has 0 spiro atoms. The van der Waals surface area contributed by atoms with Crippen molar-refractivity contribution in [3.63, 3.8) is 0 Å². The van der Waals surface area contributed by atoms with Gasteiger partial charge in [0.15, 0.2) is 0 Å². The minimum absolute atomic E-state index is 0.0213. The smallest absolute Gasteiger partial charge is 0.253 e. The SMILES string of the molecule is Cc1nc2cc(F)cc(C(=O)N[C@@H]3CCc4nccn4C3)c2nc1C. The van der Waals surface area contributed by atoms with E-state index >= 15 is 0 Å². The van der Waals surface area contributed by atoms with Gasteiger partial charge in [0.2, 0.25) is 0 Å². The van der Waals surface area contributed by atoms with E-state index in [2.05, 4.69) is 20.3 Å². The van der Waals surface area contributed by atoms with Crippen LogP contribution in [0.15, 0.2) is 24.5 Å². The van der Waals surface area contributed by atoms with Gasteiger partial charge in [-0.25, -0.2) is 19.3 Å². The molecule has 3 aromatic rings. The van der Waals surface area contributed by atoms with Crippen LogP contribution in [0.1, 0.15) is 34.0 Å². The predicted octanol–water partition coefficient (Wildman–Crippen LogP) is 2.33. The van der Waals surface area contributed by atoms with Crippen LogP contribution in [0.2, 0.25) is 0 Å². The Kier molecular flexibility index (Phi) is 3.71. The summed E-state index contributed by atoms with van der Waals surface area (Å²) < 4.78 is 16.0. The first-order chi connectivity index (χ1) is 12.0. The fraction of sp³-hybridized carbons (Fsp3) is 0.333. The van der Waals surface area contributed by atoms with E-state index in [-0.39, 0.29) is 17.5 Å². The Hall–Kier alpha value is -2.83. The zero-order chi connectivity index (χ0) is 17.6. The Morgan fingerprint density at radius 2 is 2.08 bits per heavy atom. The van der Waals surface area contributed by atoms with Gasteiger partial charge in [0.05, 0.1) is 22.5 Å². The van der Waals surface area contributed by atoms with Gasteiger partial charge in [-0.05, 0) is 26.3 Å². The lowest BCUT2D eigenvalue weighted by atomic mass is 10.1. The number of carbonyl (C=O) groups excluding carboxylic acids is 1. The molecule has 1 amide bonds. The van der Waals surface area contributed by atoms with E-state index < -0.39 is 5.82 Å². The summed E-state index contributed by atoms with van der Waals surface area (Å²) in [4.78, 5) is 25.8. The molecule has 0 fully saturated rings. The number of aryl methyl sites for hydroxylation is 3. The van der Waals surface area contributed by atoms with Crippen LogP contribution in [0.4, 0.5) is 4.39 Å². The number of hydrogen-bond donors (Lipinski definition) is 1. The molecule has 4 rings (SSSR count). The number of halogens is 1. The van der Waals surface area contributed by atoms with E-state index in [9.17, 15) is 9.18 Å². The van der Waals surface area contributed by atoms with E-state index in [1.807, 2.05) is 24.6 Å². The molecule has 128 valence electrons. The fourth-order valence-electron chi connectivity index (χ4n) is 3.22. The molecule has 25 heavy (non-hydrogen) atoms. The number of aromatic nitrogens is 4. The number of benzene rings is 1. The predicted molar refractivity (Wildman–Crippen MR) is 90.8 cm³/mol. The molecule has 6 nitrogen and oxygen atoms in total. The van der Waals surface area contributed by atoms with Crippen LogP contribution in [0.25, 0.3) is 11.0 Å². The topological polar surface area (TPSA) is 72.7 Å². The van der Waals surface area contributed by atoms with Crippen molar-refractivity contribution in [1.82, 2.24) is 24.8 Å². The summed E-state index contributed by atoms with van der Waals surface area (Å²) in [6.45, 7) is 4.31. The Labute approximate surface area is 144 Å². The van der Waals surface area contributed by atoms with Gasteiger partial charge >= 0.3 is 0 Å². The van der Waals surface area contributed by atoms with Crippen molar-refractivity contribution in [2.75, 3.05) is 0 Å². The minimum Gasteiger partial charge on any atom is -0.347 e. The molecule has 0 unspecified atom stereocenters. The third kappa shape index (κ3) is 2.86. The second-order valence-electron chi connectivity index (χ2n) is 6.42. The van der Waals surface area contributed by atoms with E-state index in [0.717, 1.165) is 30.1 Å². The fourth-order valence-corrected chi connectivity index (χ4v) is 3.22. The van der Waals surface area contributed by atoms with Crippen molar-refractivity contribution in [2.45, 2.75) is 39.3 Å². The second-order valence-corrected chi connectivity index (χ2v) is 6.42. The van der Waals surface area contributed by atoms with Crippen LogP contribution in [0, 0.1) is 19.7 Å². The third-order valence-electron chi connectivity index (χ3n) is 4.66. The second kappa shape index (κ2) is 5.91. The van der Waals surface area contributed by atoms with Crippen LogP contribution in [-0.4, -0.2) is 31.5 Å². The maximum atomic E-state index is 14.0. The van der Waals surface area contributed by atoms with Crippen molar-refractivity contribution >= 4 is 16.9 Å². The van der Waals surface area contributed by atoms with Crippen molar-refractivity contribution in [2.24, 2.45) is 0 Å². The Bertz CT molecular complexity index is 981. The van der Waals surface area contributed by atoms with Gasteiger partial charge in [0.1, 0.15) is 17.2 Å². The first-order valence-electron chi connectivity index (χ1n) is 8.26. The minimum atomic E-state index is -0.490. The van der Waals surface area contributed by atoms with E-state index in [0.29, 0.717) is 17.6 Å². The highest BCUT2D eigenvalue weighted by Gasteiger charge is 2.23. The average Bonchev–Trinajstić information content (AvgIpc) is 3.03. The lowest BCUT2D eigenvalue weighted by Gasteiger charge is -2.25. The summed E-state index contributed by atoms with van der Waals surface area (Å²) in [6, 6.07) is 2.52. The molecule has 2 aromatic heterocycles. The molecule has 1 atom stereocenters. The number of imidazole rings is 1. The molecule has 1 N–H and O–H groups in total. The molecule has 0 saturated carbocycles. The molecule has 1 aliphatic heterocycles. The van der Waals surface area contributed by atoms with Gasteiger partial charge in [-0.1, -0.05) is 0 Å². The number of nitrogens with zero attached hydrogens (tertiary/aromatic N) is 4. The monoisotopic (exact) mass is 339 g/mol. The summed E-state index contributed by atoms with van der Waals surface area (Å²) in [5, 5.41) is 3.00. The molecule has 1 aromatic carbocycles.